The van der Waals surface area contributed by atoms with E-state index >= 15 is 0 Å². The minimum atomic E-state index is -0.876. The fourth-order valence-electron chi connectivity index (χ4n) is 1.02. The van der Waals surface area contributed by atoms with E-state index in [4.69, 9.17) is 4.74 Å². The summed E-state index contributed by atoms with van der Waals surface area (Å²) in [6, 6.07) is 8.52. The van der Waals surface area contributed by atoms with Crippen LogP contribution in [0.3, 0.4) is 0 Å². The molecule has 0 aliphatic rings. The van der Waals surface area contributed by atoms with E-state index in [1.807, 2.05) is 0 Å². The second-order valence-corrected chi connectivity index (χ2v) is 2.91. The summed E-state index contributed by atoms with van der Waals surface area (Å²) in [6.07, 6.45) is 0.291. The standard InChI is InChI=1S/C10H11NO5/c12-10(9-5-2-1-3-6-9)15-7-4-8-16-11(13)14/h1-3,5-6H,4,7-8H2. The zero-order chi connectivity index (χ0) is 11.8. The first-order chi connectivity index (χ1) is 7.70. The third kappa shape index (κ3) is 4.41. The van der Waals surface area contributed by atoms with Crippen LogP contribution in [0, 0.1) is 10.1 Å². The van der Waals surface area contributed by atoms with Crippen molar-refractivity contribution in [2.24, 2.45) is 0 Å². The summed E-state index contributed by atoms with van der Waals surface area (Å²) < 4.78 is 4.87. The van der Waals surface area contributed by atoms with Crippen LogP contribution in [0.25, 0.3) is 0 Å². The summed E-state index contributed by atoms with van der Waals surface area (Å²) in [7, 11) is 0. The van der Waals surface area contributed by atoms with Crippen LogP contribution in [0.4, 0.5) is 0 Å². The summed E-state index contributed by atoms with van der Waals surface area (Å²) in [6.45, 7) is 0.0244. The van der Waals surface area contributed by atoms with E-state index in [0.29, 0.717) is 12.0 Å². The summed E-state index contributed by atoms with van der Waals surface area (Å²) in [4.78, 5) is 25.2. The molecule has 1 aromatic rings. The highest BCUT2D eigenvalue weighted by molar-refractivity contribution is 5.89. The molecule has 0 aliphatic heterocycles. The first kappa shape index (κ1) is 12.0. The van der Waals surface area contributed by atoms with Gasteiger partial charge >= 0.3 is 5.97 Å². The van der Waals surface area contributed by atoms with E-state index < -0.39 is 11.1 Å². The van der Waals surface area contributed by atoms with Crippen LogP contribution in [0.5, 0.6) is 0 Å². The molecule has 0 unspecified atom stereocenters. The molecule has 0 N–H and O–H groups in total. The molecule has 0 fully saturated rings. The number of rotatable bonds is 6. The van der Waals surface area contributed by atoms with Gasteiger partial charge in [0.1, 0.15) is 0 Å². The number of carbonyl (C=O) groups excluding carboxylic acids is 1. The van der Waals surface area contributed by atoms with Gasteiger partial charge in [-0.1, -0.05) is 18.2 Å². The van der Waals surface area contributed by atoms with E-state index in [9.17, 15) is 14.9 Å². The minimum absolute atomic E-state index is 0.0743. The van der Waals surface area contributed by atoms with Crippen LogP contribution in [-0.4, -0.2) is 24.3 Å². The highest BCUT2D eigenvalue weighted by Gasteiger charge is 2.05. The summed E-state index contributed by atoms with van der Waals surface area (Å²) in [5.41, 5.74) is 0.456. The molecule has 0 radical (unpaired) electrons. The minimum Gasteiger partial charge on any atom is -0.462 e. The maximum Gasteiger partial charge on any atom is 0.338 e. The molecule has 0 aliphatic carbocycles. The highest BCUT2D eigenvalue weighted by Crippen LogP contribution is 2.01. The molecule has 16 heavy (non-hydrogen) atoms. The van der Waals surface area contributed by atoms with Crippen LogP contribution >= 0.6 is 0 Å². The van der Waals surface area contributed by atoms with Gasteiger partial charge < -0.3 is 9.57 Å². The number of esters is 1. The Hall–Kier alpha value is -2.11. The van der Waals surface area contributed by atoms with Crippen molar-refractivity contribution >= 4 is 5.97 Å². The van der Waals surface area contributed by atoms with Crippen molar-refractivity contribution in [1.29, 1.82) is 0 Å². The molecule has 1 aromatic carbocycles. The zero-order valence-corrected chi connectivity index (χ0v) is 8.50. The smallest absolute Gasteiger partial charge is 0.338 e. The van der Waals surface area contributed by atoms with Crippen molar-refractivity contribution in [3.63, 3.8) is 0 Å². The van der Waals surface area contributed by atoms with Gasteiger partial charge in [-0.15, -0.1) is 10.1 Å². The largest absolute Gasteiger partial charge is 0.462 e. The first-order valence-electron chi connectivity index (χ1n) is 4.69. The average molecular weight is 225 g/mol. The third-order valence-electron chi connectivity index (χ3n) is 1.73. The van der Waals surface area contributed by atoms with Crippen molar-refractivity contribution < 1.29 is 19.5 Å². The fourth-order valence-corrected chi connectivity index (χ4v) is 1.02. The Bertz CT molecular complexity index is 351. The number of carbonyl (C=O) groups is 1. The van der Waals surface area contributed by atoms with E-state index in [-0.39, 0.29) is 13.2 Å². The van der Waals surface area contributed by atoms with Crippen LogP contribution < -0.4 is 0 Å². The van der Waals surface area contributed by atoms with Gasteiger partial charge in [0, 0.05) is 6.42 Å². The van der Waals surface area contributed by atoms with Gasteiger partial charge in [0.25, 0.3) is 5.09 Å². The van der Waals surface area contributed by atoms with Crippen LogP contribution in [0.15, 0.2) is 30.3 Å². The number of hydrogen-bond donors (Lipinski definition) is 0. The first-order valence-corrected chi connectivity index (χ1v) is 4.69. The van der Waals surface area contributed by atoms with Crippen molar-refractivity contribution in [2.45, 2.75) is 6.42 Å². The molecule has 0 spiro atoms. The lowest BCUT2D eigenvalue weighted by molar-refractivity contribution is -0.757. The van der Waals surface area contributed by atoms with Gasteiger partial charge in [-0.05, 0) is 12.1 Å². The maximum atomic E-state index is 11.3. The molecule has 0 saturated heterocycles. The van der Waals surface area contributed by atoms with Crippen LogP contribution in [0.2, 0.25) is 0 Å². The Kier molecular flexibility index (Phi) is 4.78. The normalized spacial score (nSPS) is 9.50. The second-order valence-electron chi connectivity index (χ2n) is 2.91. The Labute approximate surface area is 91.9 Å². The second kappa shape index (κ2) is 6.39. The van der Waals surface area contributed by atoms with Crippen molar-refractivity contribution in [3.05, 3.63) is 46.0 Å². The maximum absolute atomic E-state index is 11.3. The van der Waals surface area contributed by atoms with E-state index in [1.165, 1.54) is 0 Å². The monoisotopic (exact) mass is 225 g/mol. The molecule has 86 valence electrons. The van der Waals surface area contributed by atoms with Crippen molar-refractivity contribution in [1.82, 2.24) is 0 Å². The summed E-state index contributed by atoms with van der Waals surface area (Å²) >= 11 is 0. The molecule has 0 amide bonds. The molecule has 1 rings (SSSR count). The highest BCUT2D eigenvalue weighted by atomic mass is 16.9. The Morgan fingerprint density at radius 1 is 1.25 bits per heavy atom. The van der Waals surface area contributed by atoms with Crippen LogP contribution in [0.1, 0.15) is 16.8 Å². The van der Waals surface area contributed by atoms with Crippen molar-refractivity contribution in [3.8, 4) is 0 Å². The average Bonchev–Trinajstić information content (AvgIpc) is 2.29. The lowest BCUT2D eigenvalue weighted by atomic mass is 10.2. The molecule has 6 heteroatoms. The van der Waals surface area contributed by atoms with Gasteiger partial charge in [0.05, 0.1) is 18.8 Å². The Morgan fingerprint density at radius 2 is 1.94 bits per heavy atom. The molecular weight excluding hydrogens is 214 g/mol. The van der Waals surface area contributed by atoms with Gasteiger partial charge in [-0.3, -0.25) is 0 Å². The fraction of sp³-hybridized carbons (Fsp3) is 0.300. The predicted molar refractivity (Wildman–Crippen MR) is 54.3 cm³/mol. The van der Waals surface area contributed by atoms with Crippen molar-refractivity contribution in [2.75, 3.05) is 13.2 Å². The number of hydrogen-bond acceptors (Lipinski definition) is 5. The zero-order valence-electron chi connectivity index (χ0n) is 8.50. The SMILES string of the molecule is O=C(OCCCO[N+](=O)[O-])c1ccccc1. The molecule has 6 nitrogen and oxygen atoms in total. The van der Waals surface area contributed by atoms with Crippen LogP contribution in [-0.2, 0) is 9.57 Å². The number of ether oxygens (including phenoxy) is 1. The lowest BCUT2D eigenvalue weighted by Crippen LogP contribution is -2.09. The topological polar surface area (TPSA) is 78.7 Å². The molecule has 0 atom stereocenters. The number of benzene rings is 1. The van der Waals surface area contributed by atoms with Gasteiger partial charge in [0.15, 0.2) is 0 Å². The molecule has 0 saturated carbocycles. The van der Waals surface area contributed by atoms with E-state index in [2.05, 4.69) is 4.84 Å². The molecule has 0 heterocycles. The molecule has 0 aromatic heterocycles. The Morgan fingerprint density at radius 3 is 2.56 bits per heavy atom. The Balaban J connectivity index is 2.19. The summed E-state index contributed by atoms with van der Waals surface area (Å²) in [5, 5.41) is 8.92. The molecule has 0 bridgehead atoms. The lowest BCUT2D eigenvalue weighted by Gasteiger charge is -2.03. The third-order valence-corrected chi connectivity index (χ3v) is 1.73. The summed E-state index contributed by atoms with van der Waals surface area (Å²) in [5.74, 6) is -0.443. The number of nitrogens with zero attached hydrogens (tertiary/aromatic N) is 1. The molecular formula is C10H11NO5. The predicted octanol–water partition coefficient (Wildman–Crippen LogP) is 1.44. The quantitative estimate of drug-likeness (QED) is 0.317. The van der Waals surface area contributed by atoms with Gasteiger partial charge in [-0.2, -0.15) is 0 Å². The van der Waals surface area contributed by atoms with Gasteiger partial charge in [0.2, 0.25) is 0 Å². The van der Waals surface area contributed by atoms with Gasteiger partial charge in [-0.25, -0.2) is 4.79 Å². The van der Waals surface area contributed by atoms with E-state index in [1.54, 1.807) is 30.3 Å². The van der Waals surface area contributed by atoms with E-state index in [0.717, 1.165) is 0 Å².